The molecular formula is C19H31N3O2. The fraction of sp³-hybridized carbons (Fsp3) is 0.632. The zero-order valence-electron chi connectivity index (χ0n) is 14.9. The van der Waals surface area contributed by atoms with E-state index in [0.717, 1.165) is 32.5 Å². The molecule has 1 aliphatic rings. The van der Waals surface area contributed by atoms with Gasteiger partial charge in [-0.15, -0.1) is 0 Å². The molecule has 0 aliphatic carbocycles. The minimum absolute atomic E-state index is 0.167. The second-order valence-corrected chi connectivity index (χ2v) is 7.17. The van der Waals surface area contributed by atoms with Gasteiger partial charge in [-0.05, 0) is 30.7 Å². The summed E-state index contributed by atoms with van der Waals surface area (Å²) in [5, 5.41) is 15.6. The van der Waals surface area contributed by atoms with E-state index < -0.39 is 6.10 Å². The molecular weight excluding hydrogens is 302 g/mol. The van der Waals surface area contributed by atoms with Gasteiger partial charge in [0.1, 0.15) is 0 Å². The fourth-order valence-corrected chi connectivity index (χ4v) is 3.15. The monoisotopic (exact) mass is 333 g/mol. The third-order valence-corrected chi connectivity index (χ3v) is 4.41. The van der Waals surface area contributed by atoms with Crippen molar-refractivity contribution in [2.24, 2.45) is 5.92 Å². The summed E-state index contributed by atoms with van der Waals surface area (Å²) in [5.74, 6) is 0.429. The summed E-state index contributed by atoms with van der Waals surface area (Å²) in [7, 11) is 0. The van der Waals surface area contributed by atoms with Gasteiger partial charge in [0.05, 0.1) is 6.10 Å². The van der Waals surface area contributed by atoms with Crippen LogP contribution in [0.4, 0.5) is 4.79 Å². The molecule has 0 spiro atoms. The molecule has 1 unspecified atom stereocenters. The summed E-state index contributed by atoms with van der Waals surface area (Å²) in [6, 6.07) is 10.5. The van der Waals surface area contributed by atoms with Gasteiger partial charge >= 0.3 is 6.03 Å². The van der Waals surface area contributed by atoms with Crippen molar-refractivity contribution in [2.45, 2.75) is 51.8 Å². The molecule has 0 saturated carbocycles. The zero-order chi connectivity index (χ0) is 17.4. The van der Waals surface area contributed by atoms with Crippen molar-refractivity contribution in [2.75, 3.05) is 19.6 Å². The quantitative estimate of drug-likeness (QED) is 0.718. The number of nitrogens with zero attached hydrogens (tertiary/aromatic N) is 1. The second-order valence-electron chi connectivity index (χ2n) is 7.17. The Hall–Kier alpha value is -1.59. The van der Waals surface area contributed by atoms with E-state index in [1.54, 1.807) is 0 Å². The molecule has 1 atom stereocenters. The van der Waals surface area contributed by atoms with Crippen LogP contribution in [-0.2, 0) is 6.54 Å². The topological polar surface area (TPSA) is 64.6 Å². The number of benzene rings is 1. The Kier molecular flexibility index (Phi) is 7.53. The van der Waals surface area contributed by atoms with Crippen molar-refractivity contribution in [1.82, 2.24) is 15.5 Å². The molecule has 1 heterocycles. The molecule has 5 nitrogen and oxygen atoms in total. The maximum absolute atomic E-state index is 11.9. The molecule has 1 saturated heterocycles. The lowest BCUT2D eigenvalue weighted by atomic mass is 10.0. The van der Waals surface area contributed by atoms with E-state index in [0.29, 0.717) is 18.9 Å². The number of carbonyl (C=O) groups is 1. The van der Waals surface area contributed by atoms with Gasteiger partial charge in [0.2, 0.25) is 0 Å². The molecule has 0 aromatic heterocycles. The number of aliphatic hydroxyl groups is 1. The summed E-state index contributed by atoms with van der Waals surface area (Å²) < 4.78 is 0. The lowest BCUT2D eigenvalue weighted by Gasteiger charge is -2.32. The van der Waals surface area contributed by atoms with E-state index in [1.165, 1.54) is 5.56 Å². The second kappa shape index (κ2) is 9.64. The first-order valence-corrected chi connectivity index (χ1v) is 9.01. The molecule has 5 heteroatoms. The third-order valence-electron chi connectivity index (χ3n) is 4.41. The van der Waals surface area contributed by atoms with Crippen LogP contribution in [0.5, 0.6) is 0 Å². The standard InChI is InChI=1S/C19H31N3O2/c1-15(2)12-18(23)13-20-19(24)21-17-8-10-22(11-9-17)14-16-6-4-3-5-7-16/h3-7,15,17-18,23H,8-14H2,1-2H3,(H2,20,21,24). The average molecular weight is 333 g/mol. The van der Waals surface area contributed by atoms with Crippen LogP contribution in [0.15, 0.2) is 30.3 Å². The molecule has 1 aliphatic heterocycles. The predicted octanol–water partition coefficient (Wildman–Crippen LogP) is 2.36. The van der Waals surface area contributed by atoms with E-state index in [9.17, 15) is 9.90 Å². The van der Waals surface area contributed by atoms with Crippen molar-refractivity contribution in [3.8, 4) is 0 Å². The zero-order valence-corrected chi connectivity index (χ0v) is 14.9. The molecule has 0 radical (unpaired) electrons. The van der Waals surface area contributed by atoms with Gasteiger partial charge in [0, 0.05) is 32.2 Å². The number of urea groups is 1. The highest BCUT2D eigenvalue weighted by molar-refractivity contribution is 5.74. The number of likely N-dealkylation sites (tertiary alicyclic amines) is 1. The fourth-order valence-electron chi connectivity index (χ4n) is 3.15. The normalized spacial score (nSPS) is 17.7. The maximum atomic E-state index is 11.9. The summed E-state index contributed by atoms with van der Waals surface area (Å²) in [4.78, 5) is 14.4. The van der Waals surface area contributed by atoms with Gasteiger partial charge in [-0.25, -0.2) is 4.79 Å². The van der Waals surface area contributed by atoms with Crippen molar-refractivity contribution >= 4 is 6.03 Å². The van der Waals surface area contributed by atoms with Gasteiger partial charge in [0.15, 0.2) is 0 Å². The highest BCUT2D eigenvalue weighted by Gasteiger charge is 2.20. The highest BCUT2D eigenvalue weighted by Crippen LogP contribution is 2.13. The van der Waals surface area contributed by atoms with Crippen LogP contribution in [0.25, 0.3) is 0 Å². The third kappa shape index (κ3) is 6.89. The number of piperidine rings is 1. The van der Waals surface area contributed by atoms with Crippen molar-refractivity contribution in [1.29, 1.82) is 0 Å². The molecule has 1 aromatic rings. The number of rotatable bonds is 7. The first kappa shape index (κ1) is 18.7. The van der Waals surface area contributed by atoms with Crippen LogP contribution >= 0.6 is 0 Å². The maximum Gasteiger partial charge on any atom is 0.315 e. The van der Waals surface area contributed by atoms with Crippen LogP contribution in [-0.4, -0.2) is 47.8 Å². The van der Waals surface area contributed by atoms with Crippen molar-refractivity contribution in [3.05, 3.63) is 35.9 Å². The van der Waals surface area contributed by atoms with Crippen LogP contribution in [0, 0.1) is 5.92 Å². The van der Waals surface area contributed by atoms with E-state index in [-0.39, 0.29) is 12.1 Å². The van der Waals surface area contributed by atoms with E-state index >= 15 is 0 Å². The van der Waals surface area contributed by atoms with E-state index in [1.807, 2.05) is 6.07 Å². The molecule has 24 heavy (non-hydrogen) atoms. The number of hydrogen-bond acceptors (Lipinski definition) is 3. The van der Waals surface area contributed by atoms with Crippen molar-refractivity contribution < 1.29 is 9.90 Å². The molecule has 2 rings (SSSR count). The molecule has 134 valence electrons. The summed E-state index contributed by atoms with van der Waals surface area (Å²) in [6.45, 7) is 7.41. The number of hydrogen-bond donors (Lipinski definition) is 3. The molecule has 1 fully saturated rings. The molecule has 0 bridgehead atoms. The molecule has 1 aromatic carbocycles. The van der Waals surface area contributed by atoms with Gasteiger partial charge in [-0.1, -0.05) is 44.2 Å². The average Bonchev–Trinajstić information content (AvgIpc) is 2.55. The number of carbonyl (C=O) groups excluding carboxylic acids is 1. The Balaban J connectivity index is 1.63. The highest BCUT2D eigenvalue weighted by atomic mass is 16.3. The SMILES string of the molecule is CC(C)CC(O)CNC(=O)NC1CCN(Cc2ccccc2)CC1. The van der Waals surface area contributed by atoms with Crippen LogP contribution in [0.2, 0.25) is 0 Å². The summed E-state index contributed by atoms with van der Waals surface area (Å²) in [6.07, 6.45) is 2.17. The van der Waals surface area contributed by atoms with Gasteiger partial charge in [0.25, 0.3) is 0 Å². The van der Waals surface area contributed by atoms with E-state index in [2.05, 4.69) is 53.6 Å². The first-order chi connectivity index (χ1) is 11.5. The van der Waals surface area contributed by atoms with Crippen LogP contribution < -0.4 is 10.6 Å². The lowest BCUT2D eigenvalue weighted by Crippen LogP contribution is -2.48. The first-order valence-electron chi connectivity index (χ1n) is 9.01. The summed E-state index contributed by atoms with van der Waals surface area (Å²) in [5.41, 5.74) is 1.33. The van der Waals surface area contributed by atoms with Gasteiger partial charge in [-0.2, -0.15) is 0 Å². The number of amides is 2. The predicted molar refractivity (Wildman–Crippen MR) is 96.7 cm³/mol. The molecule has 3 N–H and O–H groups in total. The Morgan fingerprint density at radius 1 is 1.25 bits per heavy atom. The largest absolute Gasteiger partial charge is 0.391 e. The molecule has 2 amide bonds. The minimum Gasteiger partial charge on any atom is -0.391 e. The smallest absolute Gasteiger partial charge is 0.315 e. The number of aliphatic hydroxyl groups excluding tert-OH is 1. The Bertz CT molecular complexity index is 485. The van der Waals surface area contributed by atoms with Gasteiger partial charge in [-0.3, -0.25) is 4.90 Å². The Morgan fingerprint density at radius 3 is 2.54 bits per heavy atom. The summed E-state index contributed by atoms with van der Waals surface area (Å²) >= 11 is 0. The number of nitrogens with one attached hydrogen (secondary N) is 2. The van der Waals surface area contributed by atoms with Crippen molar-refractivity contribution in [3.63, 3.8) is 0 Å². The minimum atomic E-state index is -0.469. The van der Waals surface area contributed by atoms with E-state index in [4.69, 9.17) is 0 Å². The Labute approximate surface area is 145 Å². The van der Waals surface area contributed by atoms with Crippen LogP contribution in [0.1, 0.15) is 38.7 Å². The van der Waals surface area contributed by atoms with Crippen LogP contribution in [0.3, 0.4) is 0 Å². The van der Waals surface area contributed by atoms with Gasteiger partial charge < -0.3 is 15.7 Å². The lowest BCUT2D eigenvalue weighted by molar-refractivity contribution is 0.145. The Morgan fingerprint density at radius 2 is 1.92 bits per heavy atom.